The maximum atomic E-state index is 13.2. The van der Waals surface area contributed by atoms with Gasteiger partial charge in [0.05, 0.1) is 23.1 Å². The fourth-order valence-electron chi connectivity index (χ4n) is 3.20. The van der Waals surface area contributed by atoms with Crippen LogP contribution in [-0.2, 0) is 0 Å². The Morgan fingerprint density at radius 2 is 1.92 bits per heavy atom. The summed E-state index contributed by atoms with van der Waals surface area (Å²) in [5, 5.41) is 2.85. The molecule has 0 fully saturated rings. The van der Waals surface area contributed by atoms with Crippen molar-refractivity contribution >= 4 is 10.9 Å². The van der Waals surface area contributed by atoms with Crippen LogP contribution in [0.4, 0.5) is 0 Å². The molecule has 0 spiro atoms. The van der Waals surface area contributed by atoms with Gasteiger partial charge in [-0.1, -0.05) is 29.8 Å². The average Bonchev–Trinajstić information content (AvgIpc) is 2.56. The second kappa shape index (κ2) is 6.57. The van der Waals surface area contributed by atoms with Gasteiger partial charge in [-0.25, -0.2) is 4.98 Å². The van der Waals surface area contributed by atoms with Gasteiger partial charge in [0, 0.05) is 0 Å². The second-order valence-electron chi connectivity index (χ2n) is 6.35. The Bertz CT molecular complexity index is 943. The first kappa shape index (κ1) is 16.4. The number of nitrogens with zero attached hydrogens (tertiary/aromatic N) is 2. The third kappa shape index (κ3) is 2.85. The Kier molecular flexibility index (Phi) is 4.49. The van der Waals surface area contributed by atoms with Gasteiger partial charge >= 0.3 is 0 Å². The van der Waals surface area contributed by atoms with E-state index in [9.17, 15) is 4.79 Å². The monoisotopic (exact) mass is 322 g/mol. The van der Waals surface area contributed by atoms with E-state index < -0.39 is 0 Å². The number of benzene rings is 2. The highest BCUT2D eigenvalue weighted by molar-refractivity contribution is 5.78. The van der Waals surface area contributed by atoms with Crippen molar-refractivity contribution in [3.63, 3.8) is 0 Å². The van der Waals surface area contributed by atoms with Gasteiger partial charge in [0.25, 0.3) is 5.56 Å². The van der Waals surface area contributed by atoms with Crippen LogP contribution >= 0.6 is 0 Å². The lowest BCUT2D eigenvalue weighted by Gasteiger charge is -2.18. The maximum Gasteiger partial charge on any atom is 0.266 e. The minimum atomic E-state index is -0.00101. The number of fused-ring (bicyclic) bond motifs is 1. The zero-order valence-electron chi connectivity index (χ0n) is 14.7. The van der Waals surface area contributed by atoms with Crippen LogP contribution in [0.1, 0.15) is 36.8 Å². The first-order valence-corrected chi connectivity index (χ1v) is 8.45. The smallest absolute Gasteiger partial charge is 0.266 e. The van der Waals surface area contributed by atoms with Gasteiger partial charge in [0.2, 0.25) is 0 Å². The van der Waals surface area contributed by atoms with Gasteiger partial charge < -0.3 is 5.32 Å². The van der Waals surface area contributed by atoms with Crippen molar-refractivity contribution in [1.82, 2.24) is 9.55 Å². The quantitative estimate of drug-likeness (QED) is 0.803. The lowest BCUT2D eigenvalue weighted by molar-refractivity contribution is -0.691. The summed E-state index contributed by atoms with van der Waals surface area (Å²) >= 11 is 0. The van der Waals surface area contributed by atoms with Crippen molar-refractivity contribution in [1.29, 1.82) is 0 Å². The van der Waals surface area contributed by atoms with Crippen molar-refractivity contribution in [3.05, 3.63) is 69.8 Å². The van der Waals surface area contributed by atoms with Crippen molar-refractivity contribution in [3.8, 4) is 5.69 Å². The average molecular weight is 322 g/mol. The van der Waals surface area contributed by atoms with E-state index in [4.69, 9.17) is 4.98 Å². The Labute approximate surface area is 142 Å². The van der Waals surface area contributed by atoms with Crippen LogP contribution in [-0.4, -0.2) is 16.1 Å². The molecule has 0 unspecified atom stereocenters. The number of hydrogen-bond donors (Lipinski definition) is 1. The van der Waals surface area contributed by atoms with Crippen LogP contribution in [0.2, 0.25) is 0 Å². The summed E-state index contributed by atoms with van der Waals surface area (Å²) in [4.78, 5) is 18.0. The molecule has 0 radical (unpaired) electrons. The molecule has 4 nitrogen and oxygen atoms in total. The van der Waals surface area contributed by atoms with E-state index >= 15 is 0 Å². The molecular weight excluding hydrogens is 298 g/mol. The zero-order chi connectivity index (χ0) is 17.3. The molecule has 0 bridgehead atoms. The zero-order valence-corrected chi connectivity index (χ0v) is 14.7. The molecule has 1 atom stereocenters. The lowest BCUT2D eigenvalue weighted by Crippen LogP contribution is -2.84. The van der Waals surface area contributed by atoms with E-state index in [1.165, 1.54) is 5.56 Å². The molecule has 3 aromatic rings. The summed E-state index contributed by atoms with van der Waals surface area (Å²) in [7, 11) is 0. The number of nitrogens with two attached hydrogens (primary N) is 1. The van der Waals surface area contributed by atoms with Gasteiger partial charge in [-0.05, 0) is 51.5 Å². The molecule has 124 valence electrons. The van der Waals surface area contributed by atoms with Crippen LogP contribution in [0.5, 0.6) is 0 Å². The van der Waals surface area contributed by atoms with Gasteiger partial charge in [0.1, 0.15) is 6.04 Å². The van der Waals surface area contributed by atoms with Crippen LogP contribution in [0.15, 0.2) is 47.3 Å². The number of hydrogen-bond acceptors (Lipinski definition) is 2. The number of rotatable bonds is 4. The standard InChI is InChI=1S/C20H23N3O/c1-5-21-15(4)19-22-17-9-7-6-8-16(17)20(24)23(19)18-11-10-13(2)12-14(18)3/h6-12,15,21H,5H2,1-4H3/p+1/t15-/m1/s1. The highest BCUT2D eigenvalue weighted by Gasteiger charge is 2.20. The minimum Gasteiger partial charge on any atom is -0.338 e. The fourth-order valence-corrected chi connectivity index (χ4v) is 3.20. The number of aryl methyl sites for hydroxylation is 2. The molecule has 0 saturated heterocycles. The third-order valence-corrected chi connectivity index (χ3v) is 4.39. The largest absolute Gasteiger partial charge is 0.338 e. The Morgan fingerprint density at radius 1 is 1.17 bits per heavy atom. The van der Waals surface area contributed by atoms with Crippen molar-refractivity contribution in [2.45, 2.75) is 33.7 Å². The molecule has 0 aliphatic carbocycles. The molecular formula is C20H24N3O+. The van der Waals surface area contributed by atoms with Gasteiger partial charge in [-0.3, -0.25) is 9.36 Å². The Hall–Kier alpha value is -2.46. The normalized spacial score (nSPS) is 12.5. The fraction of sp³-hybridized carbons (Fsp3) is 0.300. The van der Waals surface area contributed by atoms with E-state index in [-0.39, 0.29) is 11.6 Å². The van der Waals surface area contributed by atoms with E-state index in [0.717, 1.165) is 29.1 Å². The van der Waals surface area contributed by atoms with Crippen LogP contribution in [0.25, 0.3) is 16.6 Å². The highest BCUT2D eigenvalue weighted by atomic mass is 16.1. The summed E-state index contributed by atoms with van der Waals surface area (Å²) in [6.45, 7) is 9.25. The predicted molar refractivity (Wildman–Crippen MR) is 97.7 cm³/mol. The van der Waals surface area contributed by atoms with Gasteiger partial charge in [-0.2, -0.15) is 0 Å². The third-order valence-electron chi connectivity index (χ3n) is 4.39. The van der Waals surface area contributed by atoms with Crippen molar-refractivity contribution < 1.29 is 5.32 Å². The molecule has 0 amide bonds. The molecule has 1 heterocycles. The van der Waals surface area contributed by atoms with Gasteiger partial charge in [0.15, 0.2) is 5.82 Å². The highest BCUT2D eigenvalue weighted by Crippen LogP contribution is 2.19. The molecule has 24 heavy (non-hydrogen) atoms. The summed E-state index contributed by atoms with van der Waals surface area (Å²) in [6, 6.07) is 13.8. The number of para-hydroxylation sites is 1. The van der Waals surface area contributed by atoms with E-state index in [1.54, 1.807) is 4.57 Å². The number of aromatic nitrogens is 2. The molecule has 2 aromatic carbocycles. The molecule has 1 aromatic heterocycles. The van der Waals surface area contributed by atoms with E-state index in [0.29, 0.717) is 5.39 Å². The molecule has 2 N–H and O–H groups in total. The van der Waals surface area contributed by atoms with Crippen molar-refractivity contribution in [2.24, 2.45) is 0 Å². The first-order chi connectivity index (χ1) is 11.5. The summed E-state index contributed by atoms with van der Waals surface area (Å²) in [6.07, 6.45) is 0. The molecule has 4 heteroatoms. The Balaban J connectivity index is 2.37. The molecule has 0 aliphatic rings. The van der Waals surface area contributed by atoms with E-state index in [1.807, 2.05) is 43.3 Å². The van der Waals surface area contributed by atoms with Crippen LogP contribution in [0.3, 0.4) is 0 Å². The van der Waals surface area contributed by atoms with Crippen molar-refractivity contribution in [2.75, 3.05) is 6.54 Å². The summed E-state index contributed by atoms with van der Waals surface area (Å²) in [5.74, 6) is 0.799. The SMILES string of the molecule is CC[NH2+][C@H](C)c1nc2ccccc2c(=O)n1-c1ccc(C)cc1C. The summed E-state index contributed by atoms with van der Waals surface area (Å²) < 4.78 is 1.79. The molecule has 3 rings (SSSR count). The van der Waals surface area contributed by atoms with E-state index in [2.05, 4.69) is 32.2 Å². The summed E-state index contributed by atoms with van der Waals surface area (Å²) in [5.41, 5.74) is 3.94. The first-order valence-electron chi connectivity index (χ1n) is 8.45. The Morgan fingerprint density at radius 3 is 2.62 bits per heavy atom. The predicted octanol–water partition coefficient (Wildman–Crippen LogP) is 2.65. The maximum absolute atomic E-state index is 13.2. The molecule has 0 saturated carbocycles. The number of quaternary nitrogens is 1. The van der Waals surface area contributed by atoms with Crippen LogP contribution < -0.4 is 10.9 Å². The van der Waals surface area contributed by atoms with Crippen LogP contribution in [0, 0.1) is 13.8 Å². The topological polar surface area (TPSA) is 51.5 Å². The molecule has 0 aliphatic heterocycles. The van der Waals surface area contributed by atoms with Gasteiger partial charge in [-0.15, -0.1) is 0 Å². The lowest BCUT2D eigenvalue weighted by atomic mass is 10.1. The minimum absolute atomic E-state index is 0.00101. The second-order valence-corrected chi connectivity index (χ2v) is 6.35.